The predicted octanol–water partition coefficient (Wildman–Crippen LogP) is 3.01. The van der Waals surface area contributed by atoms with E-state index >= 15 is 0 Å². The summed E-state index contributed by atoms with van der Waals surface area (Å²) in [5.41, 5.74) is 1.13. The lowest BCUT2D eigenvalue weighted by Crippen LogP contribution is -1.99. The first kappa shape index (κ1) is 11.0. The van der Waals surface area contributed by atoms with Gasteiger partial charge in [0, 0.05) is 11.1 Å². The maximum Gasteiger partial charge on any atom is 0.345 e. The second-order valence-corrected chi connectivity index (χ2v) is 4.42. The monoisotopic (exact) mass is 242 g/mol. The van der Waals surface area contributed by atoms with Gasteiger partial charge in [-0.15, -0.1) is 5.10 Å². The van der Waals surface area contributed by atoms with Crippen molar-refractivity contribution < 1.29 is 4.42 Å². The maximum atomic E-state index is 11.8. The van der Waals surface area contributed by atoms with Crippen molar-refractivity contribution in [1.29, 1.82) is 0 Å². The molecule has 0 aliphatic rings. The zero-order valence-corrected chi connectivity index (χ0v) is 10.2. The molecule has 2 heterocycles. The first-order chi connectivity index (χ1) is 8.81. The van der Waals surface area contributed by atoms with Crippen molar-refractivity contribution in [2.75, 3.05) is 0 Å². The van der Waals surface area contributed by atoms with Gasteiger partial charge in [0.1, 0.15) is 0 Å². The Labute approximate surface area is 104 Å². The average molecular weight is 242 g/mol. The zero-order valence-electron chi connectivity index (χ0n) is 10.2. The number of rotatable bonds is 3. The van der Waals surface area contributed by atoms with Crippen molar-refractivity contribution in [1.82, 2.24) is 10.2 Å². The zero-order chi connectivity index (χ0) is 12.5. The number of hydrogen-bond acceptors (Lipinski definition) is 3. The van der Waals surface area contributed by atoms with Crippen LogP contribution in [0.3, 0.4) is 0 Å². The Morgan fingerprint density at radius 2 is 2.06 bits per heavy atom. The molecule has 0 aliphatic heterocycles. The van der Waals surface area contributed by atoms with E-state index in [1.807, 2.05) is 18.2 Å². The summed E-state index contributed by atoms with van der Waals surface area (Å²) in [5.74, 6) is 0. The molecule has 0 atom stereocenters. The Hall–Kier alpha value is -2.10. The van der Waals surface area contributed by atoms with E-state index in [2.05, 4.69) is 17.1 Å². The molecule has 3 rings (SSSR count). The fraction of sp³-hybridized carbons (Fsp3) is 0.286. The molecule has 3 aromatic rings. The third kappa shape index (κ3) is 1.61. The molecule has 0 radical (unpaired) electrons. The van der Waals surface area contributed by atoms with E-state index in [9.17, 15) is 4.79 Å². The number of hydrogen-bond donors (Lipinski definition) is 1. The largest absolute Gasteiger partial charge is 0.402 e. The standard InChI is InChI=1S/C14H14N2O2/c1-2-3-8-11-12-9-6-4-5-7-10(9)14(17)18-13(12)16-15-11/h4-7H,2-3,8H2,1H3,(H,15,16). The number of unbranched alkanes of at least 4 members (excludes halogenated alkanes) is 1. The van der Waals surface area contributed by atoms with E-state index in [4.69, 9.17) is 4.42 Å². The Morgan fingerprint density at radius 1 is 1.28 bits per heavy atom. The van der Waals surface area contributed by atoms with Crippen molar-refractivity contribution in [3.8, 4) is 0 Å². The minimum absolute atomic E-state index is 0.327. The number of aromatic amines is 1. The normalized spacial score (nSPS) is 11.4. The molecule has 0 spiro atoms. The molecule has 18 heavy (non-hydrogen) atoms. The third-order valence-corrected chi connectivity index (χ3v) is 3.19. The van der Waals surface area contributed by atoms with Crippen molar-refractivity contribution in [2.24, 2.45) is 0 Å². The van der Waals surface area contributed by atoms with Gasteiger partial charge in [-0.3, -0.25) is 5.10 Å². The summed E-state index contributed by atoms with van der Waals surface area (Å²) < 4.78 is 5.24. The van der Waals surface area contributed by atoms with Gasteiger partial charge in [0.05, 0.1) is 10.8 Å². The third-order valence-electron chi connectivity index (χ3n) is 3.19. The Balaban J connectivity index is 2.35. The summed E-state index contributed by atoms with van der Waals surface area (Å²) in [4.78, 5) is 11.8. The number of aryl methyl sites for hydroxylation is 1. The Morgan fingerprint density at radius 3 is 2.83 bits per heavy atom. The molecular formula is C14H14N2O2. The number of nitrogens with one attached hydrogen (secondary N) is 1. The molecule has 0 fully saturated rings. The van der Waals surface area contributed by atoms with E-state index in [1.54, 1.807) is 6.07 Å². The molecule has 0 aliphatic carbocycles. The molecule has 0 saturated carbocycles. The van der Waals surface area contributed by atoms with Crippen molar-refractivity contribution in [2.45, 2.75) is 26.2 Å². The van der Waals surface area contributed by atoms with Crippen LogP contribution in [0.25, 0.3) is 21.9 Å². The van der Waals surface area contributed by atoms with E-state index < -0.39 is 0 Å². The van der Waals surface area contributed by atoms with Crippen LogP contribution in [0.4, 0.5) is 0 Å². The molecule has 0 bridgehead atoms. The fourth-order valence-electron chi connectivity index (χ4n) is 2.27. The molecule has 0 saturated heterocycles. The maximum absolute atomic E-state index is 11.8. The lowest BCUT2D eigenvalue weighted by Gasteiger charge is -2.00. The summed E-state index contributed by atoms with van der Waals surface area (Å²) in [6, 6.07) is 7.51. The van der Waals surface area contributed by atoms with Gasteiger partial charge in [-0.05, 0) is 18.9 Å². The van der Waals surface area contributed by atoms with Crippen LogP contribution in [-0.2, 0) is 6.42 Å². The van der Waals surface area contributed by atoms with E-state index in [0.717, 1.165) is 35.7 Å². The molecule has 1 N–H and O–H groups in total. The van der Waals surface area contributed by atoms with Crippen LogP contribution >= 0.6 is 0 Å². The second kappa shape index (κ2) is 4.29. The SMILES string of the molecule is CCCCc1[nH]nc2oc(=O)c3ccccc3c12. The van der Waals surface area contributed by atoms with Crippen LogP contribution in [0, 0.1) is 0 Å². The topological polar surface area (TPSA) is 58.9 Å². The number of H-pyrrole nitrogens is 1. The van der Waals surface area contributed by atoms with Crippen LogP contribution in [0.1, 0.15) is 25.5 Å². The number of aromatic nitrogens is 2. The molecule has 4 heteroatoms. The van der Waals surface area contributed by atoms with Gasteiger partial charge in [-0.2, -0.15) is 0 Å². The summed E-state index contributed by atoms with van der Waals surface area (Å²) in [6.45, 7) is 2.15. The van der Waals surface area contributed by atoms with E-state index in [1.165, 1.54) is 0 Å². The highest BCUT2D eigenvalue weighted by Gasteiger charge is 2.13. The second-order valence-electron chi connectivity index (χ2n) is 4.42. The van der Waals surface area contributed by atoms with Crippen LogP contribution < -0.4 is 5.63 Å². The van der Waals surface area contributed by atoms with Gasteiger partial charge in [0.25, 0.3) is 0 Å². The summed E-state index contributed by atoms with van der Waals surface area (Å²) in [5, 5.41) is 9.55. The van der Waals surface area contributed by atoms with Crippen molar-refractivity contribution in [3.63, 3.8) is 0 Å². The average Bonchev–Trinajstić information content (AvgIpc) is 2.80. The first-order valence-electron chi connectivity index (χ1n) is 6.20. The summed E-state index contributed by atoms with van der Waals surface area (Å²) in [6.07, 6.45) is 3.13. The van der Waals surface area contributed by atoms with E-state index in [-0.39, 0.29) is 5.63 Å². The molecule has 1 aromatic carbocycles. The van der Waals surface area contributed by atoms with Crippen LogP contribution in [0.5, 0.6) is 0 Å². The molecule has 4 nitrogen and oxygen atoms in total. The van der Waals surface area contributed by atoms with Gasteiger partial charge in [-0.25, -0.2) is 4.79 Å². The lowest BCUT2D eigenvalue weighted by molar-refractivity contribution is 0.556. The summed E-state index contributed by atoms with van der Waals surface area (Å²) >= 11 is 0. The highest BCUT2D eigenvalue weighted by atomic mass is 16.4. The Kier molecular flexibility index (Phi) is 2.63. The molecule has 92 valence electrons. The summed E-state index contributed by atoms with van der Waals surface area (Å²) in [7, 11) is 0. The highest BCUT2D eigenvalue weighted by molar-refractivity contribution is 6.04. The van der Waals surface area contributed by atoms with Gasteiger partial charge in [0.2, 0.25) is 5.71 Å². The van der Waals surface area contributed by atoms with Crippen molar-refractivity contribution >= 4 is 21.9 Å². The number of fused-ring (bicyclic) bond motifs is 3. The first-order valence-corrected chi connectivity index (χ1v) is 6.20. The Bertz CT molecular complexity index is 755. The molecule has 0 amide bonds. The van der Waals surface area contributed by atoms with Crippen LogP contribution in [-0.4, -0.2) is 10.2 Å². The number of benzene rings is 1. The molecular weight excluding hydrogens is 228 g/mol. The quantitative estimate of drug-likeness (QED) is 0.768. The van der Waals surface area contributed by atoms with E-state index in [0.29, 0.717) is 11.1 Å². The van der Waals surface area contributed by atoms with Crippen LogP contribution in [0.2, 0.25) is 0 Å². The molecule has 2 aromatic heterocycles. The van der Waals surface area contributed by atoms with Gasteiger partial charge in [-0.1, -0.05) is 31.5 Å². The van der Waals surface area contributed by atoms with Gasteiger partial charge < -0.3 is 4.42 Å². The minimum Gasteiger partial charge on any atom is -0.402 e. The minimum atomic E-state index is -0.327. The highest BCUT2D eigenvalue weighted by Crippen LogP contribution is 2.25. The van der Waals surface area contributed by atoms with Gasteiger partial charge in [0.15, 0.2) is 0 Å². The number of nitrogens with zero attached hydrogens (tertiary/aromatic N) is 1. The predicted molar refractivity (Wildman–Crippen MR) is 70.7 cm³/mol. The van der Waals surface area contributed by atoms with Gasteiger partial charge >= 0.3 is 5.63 Å². The van der Waals surface area contributed by atoms with Crippen molar-refractivity contribution in [3.05, 3.63) is 40.4 Å². The smallest absolute Gasteiger partial charge is 0.345 e. The molecule has 0 unspecified atom stereocenters. The van der Waals surface area contributed by atoms with Crippen LogP contribution in [0.15, 0.2) is 33.5 Å². The lowest BCUT2D eigenvalue weighted by atomic mass is 10.1. The fourth-order valence-corrected chi connectivity index (χ4v) is 2.27.